The summed E-state index contributed by atoms with van der Waals surface area (Å²) in [6.07, 6.45) is 8.10. The molecule has 0 saturated heterocycles. The van der Waals surface area contributed by atoms with Gasteiger partial charge in [-0.25, -0.2) is 0 Å². The molecule has 4 rings (SSSR count). The van der Waals surface area contributed by atoms with Gasteiger partial charge in [0, 0.05) is 6.04 Å². The smallest absolute Gasteiger partial charge is 0.0635 e. The molecule has 2 aliphatic heterocycles. The van der Waals surface area contributed by atoms with Crippen molar-refractivity contribution < 1.29 is 0 Å². The van der Waals surface area contributed by atoms with E-state index in [4.69, 9.17) is 0 Å². The van der Waals surface area contributed by atoms with E-state index in [0.717, 1.165) is 12.8 Å². The molecule has 1 heteroatoms. The van der Waals surface area contributed by atoms with E-state index >= 15 is 0 Å². The SMILES string of the molecule is CC12N[C@H](Cc3ccccc31)C1=C2CC=CC1. The van der Waals surface area contributed by atoms with Crippen LogP contribution in [-0.2, 0) is 12.0 Å². The summed E-state index contributed by atoms with van der Waals surface area (Å²) in [5.41, 5.74) is 6.42. The van der Waals surface area contributed by atoms with Crippen LogP contribution in [0.3, 0.4) is 0 Å². The number of hydrogen-bond donors (Lipinski definition) is 1. The van der Waals surface area contributed by atoms with E-state index in [2.05, 4.69) is 48.7 Å². The van der Waals surface area contributed by atoms with Gasteiger partial charge in [-0.3, -0.25) is 5.32 Å². The van der Waals surface area contributed by atoms with Gasteiger partial charge in [0.1, 0.15) is 0 Å². The van der Waals surface area contributed by atoms with Gasteiger partial charge in [0.15, 0.2) is 0 Å². The van der Waals surface area contributed by atoms with Crippen LogP contribution in [0.25, 0.3) is 0 Å². The van der Waals surface area contributed by atoms with Gasteiger partial charge in [0.05, 0.1) is 5.54 Å². The van der Waals surface area contributed by atoms with Gasteiger partial charge in [-0.15, -0.1) is 0 Å². The Hall–Kier alpha value is -1.34. The summed E-state index contributed by atoms with van der Waals surface area (Å²) >= 11 is 0. The van der Waals surface area contributed by atoms with Crippen LogP contribution in [0.2, 0.25) is 0 Å². The van der Waals surface area contributed by atoms with Crippen molar-refractivity contribution in [3.8, 4) is 0 Å². The molecule has 2 heterocycles. The Morgan fingerprint density at radius 3 is 2.94 bits per heavy atom. The molecule has 1 aliphatic carbocycles. The van der Waals surface area contributed by atoms with Gasteiger partial charge >= 0.3 is 0 Å². The van der Waals surface area contributed by atoms with Crippen molar-refractivity contribution in [1.29, 1.82) is 0 Å². The second-order valence-corrected chi connectivity index (χ2v) is 5.57. The highest BCUT2D eigenvalue weighted by Crippen LogP contribution is 2.48. The lowest BCUT2D eigenvalue weighted by Crippen LogP contribution is -2.46. The van der Waals surface area contributed by atoms with Crippen molar-refractivity contribution in [2.75, 3.05) is 0 Å². The van der Waals surface area contributed by atoms with Crippen molar-refractivity contribution in [2.24, 2.45) is 0 Å². The molecule has 0 spiro atoms. The molecule has 2 bridgehead atoms. The fraction of sp³-hybridized carbons (Fsp3) is 0.375. The normalized spacial score (nSPS) is 33.6. The first-order chi connectivity index (χ1) is 8.29. The molecule has 1 N–H and O–H groups in total. The molecule has 1 nitrogen and oxygen atoms in total. The van der Waals surface area contributed by atoms with Crippen LogP contribution in [0.4, 0.5) is 0 Å². The van der Waals surface area contributed by atoms with Gasteiger partial charge in [-0.2, -0.15) is 0 Å². The van der Waals surface area contributed by atoms with Crippen molar-refractivity contribution in [2.45, 2.75) is 37.8 Å². The predicted molar refractivity (Wildman–Crippen MR) is 69.8 cm³/mol. The minimum absolute atomic E-state index is 0.0968. The number of nitrogens with one attached hydrogen (secondary N) is 1. The Morgan fingerprint density at radius 2 is 2.00 bits per heavy atom. The summed E-state index contributed by atoms with van der Waals surface area (Å²) in [5.74, 6) is 0. The number of benzene rings is 1. The summed E-state index contributed by atoms with van der Waals surface area (Å²) in [4.78, 5) is 0. The van der Waals surface area contributed by atoms with Crippen molar-refractivity contribution >= 4 is 0 Å². The molecule has 0 radical (unpaired) electrons. The molecule has 2 atom stereocenters. The Morgan fingerprint density at radius 1 is 1.18 bits per heavy atom. The first-order valence-corrected chi connectivity index (χ1v) is 6.52. The molecule has 3 aliphatic rings. The predicted octanol–water partition coefficient (Wildman–Crippen LogP) is 3.08. The lowest BCUT2D eigenvalue weighted by molar-refractivity contribution is 0.396. The summed E-state index contributed by atoms with van der Waals surface area (Å²) in [6.45, 7) is 2.36. The first-order valence-electron chi connectivity index (χ1n) is 6.52. The lowest BCUT2D eigenvalue weighted by Gasteiger charge is -2.36. The van der Waals surface area contributed by atoms with E-state index in [1.54, 1.807) is 11.1 Å². The van der Waals surface area contributed by atoms with Crippen molar-refractivity contribution in [3.63, 3.8) is 0 Å². The maximum Gasteiger partial charge on any atom is 0.0635 e. The lowest BCUT2D eigenvalue weighted by atomic mass is 9.79. The Bertz CT molecular complexity index is 552. The number of fused-ring (bicyclic) bond motifs is 6. The highest BCUT2D eigenvalue weighted by molar-refractivity contribution is 5.53. The molecule has 1 aromatic carbocycles. The van der Waals surface area contributed by atoms with Gasteiger partial charge in [0.2, 0.25) is 0 Å². The van der Waals surface area contributed by atoms with Crippen LogP contribution in [0.15, 0.2) is 47.6 Å². The van der Waals surface area contributed by atoms with Crippen LogP contribution in [0.1, 0.15) is 30.9 Å². The van der Waals surface area contributed by atoms with E-state index in [0.29, 0.717) is 6.04 Å². The molecule has 0 aromatic heterocycles. The fourth-order valence-corrected chi connectivity index (χ4v) is 3.89. The summed E-state index contributed by atoms with van der Waals surface area (Å²) in [7, 11) is 0. The average Bonchev–Trinajstić information content (AvgIpc) is 2.61. The van der Waals surface area contributed by atoms with Crippen molar-refractivity contribution in [1.82, 2.24) is 5.32 Å². The highest BCUT2D eigenvalue weighted by atomic mass is 15.1. The average molecular weight is 223 g/mol. The summed E-state index contributed by atoms with van der Waals surface area (Å²) < 4.78 is 0. The van der Waals surface area contributed by atoms with E-state index in [-0.39, 0.29) is 5.54 Å². The third-order valence-corrected chi connectivity index (χ3v) is 4.68. The molecule has 1 aromatic rings. The maximum absolute atomic E-state index is 3.85. The van der Waals surface area contributed by atoms with E-state index in [9.17, 15) is 0 Å². The van der Waals surface area contributed by atoms with Gasteiger partial charge < -0.3 is 0 Å². The van der Waals surface area contributed by atoms with Crippen LogP contribution in [0.5, 0.6) is 0 Å². The molecule has 17 heavy (non-hydrogen) atoms. The number of rotatable bonds is 0. The van der Waals surface area contributed by atoms with Gasteiger partial charge in [0.25, 0.3) is 0 Å². The minimum atomic E-state index is 0.0968. The summed E-state index contributed by atoms with van der Waals surface area (Å²) in [5, 5.41) is 3.85. The molecule has 0 amide bonds. The molecule has 0 saturated carbocycles. The monoisotopic (exact) mass is 223 g/mol. The minimum Gasteiger partial charge on any atom is -0.297 e. The first kappa shape index (κ1) is 9.67. The third-order valence-electron chi connectivity index (χ3n) is 4.68. The topological polar surface area (TPSA) is 12.0 Å². The highest BCUT2D eigenvalue weighted by Gasteiger charge is 2.46. The van der Waals surface area contributed by atoms with Crippen LogP contribution >= 0.6 is 0 Å². The molecule has 0 fully saturated rings. The van der Waals surface area contributed by atoms with E-state index in [1.807, 2.05) is 0 Å². The van der Waals surface area contributed by atoms with Crippen LogP contribution in [-0.4, -0.2) is 6.04 Å². The zero-order valence-electron chi connectivity index (χ0n) is 10.2. The molecule has 86 valence electrons. The van der Waals surface area contributed by atoms with Gasteiger partial charge in [-0.1, -0.05) is 36.4 Å². The largest absolute Gasteiger partial charge is 0.297 e. The van der Waals surface area contributed by atoms with Gasteiger partial charge in [-0.05, 0) is 48.5 Å². The zero-order valence-corrected chi connectivity index (χ0v) is 10.2. The summed E-state index contributed by atoms with van der Waals surface area (Å²) in [6, 6.07) is 9.52. The Kier molecular flexibility index (Phi) is 1.77. The van der Waals surface area contributed by atoms with Crippen molar-refractivity contribution in [3.05, 3.63) is 58.7 Å². The number of hydrogen-bond acceptors (Lipinski definition) is 1. The fourth-order valence-electron chi connectivity index (χ4n) is 3.89. The Labute approximate surface area is 102 Å². The molecular formula is C16H17N. The third kappa shape index (κ3) is 1.13. The second-order valence-electron chi connectivity index (χ2n) is 5.57. The number of allylic oxidation sites excluding steroid dienone is 2. The van der Waals surface area contributed by atoms with E-state index in [1.165, 1.54) is 17.5 Å². The maximum atomic E-state index is 3.85. The standard InChI is InChI=1S/C16H17N/c1-16-13-8-4-2-6-11(13)10-15(17-16)12-7-3-5-9-14(12)16/h2-6,8,15,17H,7,9-10H2,1H3/t15-,16?/m1/s1. The Balaban J connectivity index is 1.94. The van der Waals surface area contributed by atoms with E-state index < -0.39 is 0 Å². The van der Waals surface area contributed by atoms with Crippen LogP contribution < -0.4 is 5.32 Å². The molecule has 1 unspecified atom stereocenters. The second kappa shape index (κ2) is 3.11. The van der Waals surface area contributed by atoms with Crippen LogP contribution in [0, 0.1) is 0 Å². The zero-order chi connectivity index (χ0) is 11.5. The molecular weight excluding hydrogens is 206 g/mol. The quantitative estimate of drug-likeness (QED) is 0.666.